The van der Waals surface area contributed by atoms with Crippen LogP contribution in [0.15, 0.2) is 0 Å². The standard InChI is InChI=1S/C7H12O2.3C3H7.Pb/c8-7(9)6-4-2-1-3-5-6;3*1-3-2;/h6H,1-5H2,(H,8,9);3*1,3H2,2H3;. The zero-order valence-corrected chi connectivity index (χ0v) is 17.1. The Kier molecular flexibility index (Phi) is 13.7. The third-order valence-electron chi connectivity index (χ3n) is 3.77. The summed E-state index contributed by atoms with van der Waals surface area (Å²) in [6, 6.07) is 0. The molecular weight excluding hydrogens is 431 g/mol. The minimum Gasteiger partial charge on any atom is -0.481 e. The molecule has 0 unspecified atom stereocenters. The fourth-order valence-electron chi connectivity index (χ4n) is 2.79. The van der Waals surface area contributed by atoms with Gasteiger partial charge in [-0.15, -0.1) is 0 Å². The van der Waals surface area contributed by atoms with Crippen molar-refractivity contribution in [2.75, 3.05) is 0 Å². The molecule has 0 amide bonds. The molecule has 0 bridgehead atoms. The Hall–Kier alpha value is 0.392. The Morgan fingerprint density at radius 2 is 1.37 bits per heavy atom. The van der Waals surface area contributed by atoms with E-state index in [1.807, 2.05) is 0 Å². The van der Waals surface area contributed by atoms with Crippen LogP contribution in [0.5, 0.6) is 0 Å². The van der Waals surface area contributed by atoms with Crippen molar-refractivity contribution in [3.05, 3.63) is 0 Å². The van der Waals surface area contributed by atoms with Gasteiger partial charge >= 0.3 is 80.6 Å². The van der Waals surface area contributed by atoms with Crippen LogP contribution in [-0.4, -0.2) is 33.8 Å². The first-order chi connectivity index (χ1) is 9.15. The Morgan fingerprint density at radius 3 is 1.63 bits per heavy atom. The summed E-state index contributed by atoms with van der Waals surface area (Å²) in [7, 11) is 0. The van der Waals surface area contributed by atoms with E-state index in [1.54, 1.807) is 11.9 Å². The molecule has 0 aromatic carbocycles. The van der Waals surface area contributed by atoms with Gasteiger partial charge in [0.25, 0.3) is 0 Å². The zero-order valence-electron chi connectivity index (χ0n) is 13.2. The molecule has 0 heterocycles. The molecule has 1 saturated carbocycles. The predicted molar refractivity (Wildman–Crippen MR) is 85.3 cm³/mol. The van der Waals surface area contributed by atoms with Crippen LogP contribution >= 0.6 is 0 Å². The van der Waals surface area contributed by atoms with E-state index >= 15 is 0 Å². The van der Waals surface area contributed by atoms with Crippen molar-refractivity contribution < 1.29 is 9.90 Å². The van der Waals surface area contributed by atoms with Crippen molar-refractivity contribution in [2.45, 2.75) is 84.1 Å². The molecule has 19 heavy (non-hydrogen) atoms. The number of carboxylic acids is 1. The van der Waals surface area contributed by atoms with Crippen molar-refractivity contribution >= 4 is 28.7 Å². The Morgan fingerprint density at radius 1 is 0.947 bits per heavy atom. The quantitative estimate of drug-likeness (QED) is 0.515. The summed E-state index contributed by atoms with van der Waals surface area (Å²) in [6.45, 7) is 7.03. The molecule has 0 aromatic heterocycles. The minimum absolute atomic E-state index is 0.0289. The van der Waals surface area contributed by atoms with E-state index in [0.717, 1.165) is 25.7 Å². The maximum atomic E-state index is 10.4. The van der Waals surface area contributed by atoms with Crippen molar-refractivity contribution in [1.82, 2.24) is 0 Å². The maximum Gasteiger partial charge on any atom is 0.306 e. The predicted octanol–water partition coefficient (Wildman–Crippen LogP) is 5.36. The van der Waals surface area contributed by atoms with Gasteiger partial charge < -0.3 is 5.11 Å². The van der Waals surface area contributed by atoms with E-state index in [1.165, 1.54) is 25.7 Å². The number of carbonyl (C=O) groups is 1. The van der Waals surface area contributed by atoms with Crippen molar-refractivity contribution in [3.63, 3.8) is 0 Å². The molecule has 1 fully saturated rings. The second-order valence-corrected chi connectivity index (χ2v) is 17.3. The van der Waals surface area contributed by atoms with Gasteiger partial charge in [0.2, 0.25) is 0 Å². The van der Waals surface area contributed by atoms with Crippen LogP contribution in [-0.2, 0) is 4.79 Å². The number of hydrogen-bond acceptors (Lipinski definition) is 1. The Bertz CT molecular complexity index is 199. The van der Waals surface area contributed by atoms with E-state index in [9.17, 15) is 4.79 Å². The van der Waals surface area contributed by atoms with Crippen molar-refractivity contribution in [3.8, 4) is 0 Å². The molecule has 1 N–H and O–H groups in total. The van der Waals surface area contributed by atoms with Gasteiger partial charge in [-0.3, -0.25) is 4.79 Å². The average Bonchev–Trinajstić information content (AvgIpc) is 2.41. The van der Waals surface area contributed by atoms with Crippen LogP contribution < -0.4 is 0 Å². The molecule has 0 saturated heterocycles. The fourth-order valence-corrected chi connectivity index (χ4v) is 13.9. The SMILES string of the molecule is CC[CH2][Pb]([CH2]CC)[CH2]CC.O=C(O)C1CCCCC1. The first-order valence-corrected chi connectivity index (χ1v) is 16.5. The third kappa shape index (κ3) is 10.8. The zero-order chi connectivity index (χ0) is 14.5. The van der Waals surface area contributed by atoms with Gasteiger partial charge in [0.05, 0.1) is 5.92 Å². The largest absolute Gasteiger partial charge is 0.481 e. The van der Waals surface area contributed by atoms with Crippen LogP contribution in [0.1, 0.15) is 72.1 Å². The van der Waals surface area contributed by atoms with Gasteiger partial charge in [-0.05, 0) is 12.8 Å². The molecule has 1 radical (unpaired) electrons. The molecule has 3 heteroatoms. The van der Waals surface area contributed by atoms with Gasteiger partial charge in [-0.25, -0.2) is 0 Å². The van der Waals surface area contributed by atoms with Gasteiger partial charge in [0.15, 0.2) is 0 Å². The number of aliphatic carboxylic acids is 1. The molecule has 0 aromatic rings. The summed E-state index contributed by atoms with van der Waals surface area (Å²) in [5.41, 5.74) is 0. The second kappa shape index (κ2) is 13.4. The van der Waals surface area contributed by atoms with Crippen molar-refractivity contribution in [2.24, 2.45) is 5.92 Å². The van der Waals surface area contributed by atoms with Crippen LogP contribution in [0, 0.1) is 5.92 Å². The first-order valence-electron chi connectivity index (χ1n) is 8.21. The minimum atomic E-state index is -0.907. The van der Waals surface area contributed by atoms with Gasteiger partial charge in [0.1, 0.15) is 0 Å². The monoisotopic (exact) mass is 465 g/mol. The molecular formula is C16H33O2Pb. The Balaban J connectivity index is 0.000000342. The summed E-state index contributed by atoms with van der Waals surface area (Å²) >= 11 is -0.907. The topological polar surface area (TPSA) is 37.3 Å². The number of rotatable bonds is 7. The molecule has 1 rings (SSSR count). The molecule has 1 aliphatic carbocycles. The van der Waals surface area contributed by atoms with Gasteiger partial charge in [0, 0.05) is 0 Å². The van der Waals surface area contributed by atoms with Crippen LogP contribution in [0.25, 0.3) is 0 Å². The average molecular weight is 465 g/mol. The van der Waals surface area contributed by atoms with Crippen molar-refractivity contribution in [1.29, 1.82) is 0 Å². The van der Waals surface area contributed by atoms with E-state index in [2.05, 4.69) is 20.8 Å². The normalized spacial score (nSPS) is 16.0. The molecule has 2 nitrogen and oxygen atoms in total. The van der Waals surface area contributed by atoms with E-state index in [4.69, 9.17) is 5.11 Å². The van der Waals surface area contributed by atoms with Gasteiger partial charge in [-0.1, -0.05) is 19.3 Å². The summed E-state index contributed by atoms with van der Waals surface area (Å²) in [4.78, 5) is 10.4. The smallest absolute Gasteiger partial charge is 0.306 e. The van der Waals surface area contributed by atoms with Crippen LogP contribution in [0.4, 0.5) is 0 Å². The summed E-state index contributed by atoms with van der Waals surface area (Å²) in [5.74, 6) is -0.631. The van der Waals surface area contributed by atoms with E-state index in [-0.39, 0.29) is 5.92 Å². The third-order valence-corrected chi connectivity index (χ3v) is 17.8. The molecule has 0 atom stereocenters. The molecule has 0 aliphatic heterocycles. The Labute approximate surface area is 128 Å². The number of carboxylic acid groups (broad SMARTS) is 1. The maximum absolute atomic E-state index is 10.4. The van der Waals surface area contributed by atoms with Gasteiger partial charge in [-0.2, -0.15) is 0 Å². The number of hydrogen-bond donors (Lipinski definition) is 1. The summed E-state index contributed by atoms with van der Waals surface area (Å²) < 4.78 is 4.98. The molecule has 0 spiro atoms. The fraction of sp³-hybridized carbons (Fsp3) is 0.938. The molecule has 113 valence electrons. The second-order valence-electron chi connectivity index (χ2n) is 5.67. The first kappa shape index (κ1) is 19.4. The van der Waals surface area contributed by atoms with E-state index in [0.29, 0.717) is 0 Å². The van der Waals surface area contributed by atoms with E-state index < -0.39 is 28.7 Å². The van der Waals surface area contributed by atoms with Crippen LogP contribution in [0.2, 0.25) is 11.9 Å². The molecule has 1 aliphatic rings. The van der Waals surface area contributed by atoms with Crippen LogP contribution in [0.3, 0.4) is 0 Å². The summed E-state index contributed by atoms with van der Waals surface area (Å²) in [6.07, 6.45) is 9.62. The summed E-state index contributed by atoms with van der Waals surface area (Å²) in [5, 5.41) is 8.54.